The van der Waals surface area contributed by atoms with Crippen LogP contribution in [0.15, 0.2) is 47.8 Å². The van der Waals surface area contributed by atoms with Crippen molar-refractivity contribution in [1.29, 1.82) is 0 Å². The summed E-state index contributed by atoms with van der Waals surface area (Å²) in [5, 5.41) is 16.7. The molecule has 7 heteroatoms. The zero-order valence-electron chi connectivity index (χ0n) is 13.2. The summed E-state index contributed by atoms with van der Waals surface area (Å²) in [7, 11) is 1.56. The first-order valence-electron chi connectivity index (χ1n) is 7.56. The minimum absolute atomic E-state index is 0.245. The molecule has 2 heterocycles. The van der Waals surface area contributed by atoms with Crippen molar-refractivity contribution in [2.45, 2.75) is 6.42 Å². The summed E-state index contributed by atoms with van der Waals surface area (Å²) in [6.07, 6.45) is 0.794. The Bertz CT molecular complexity index is 801. The van der Waals surface area contributed by atoms with Crippen LogP contribution < -0.4 is 10.6 Å². The van der Waals surface area contributed by atoms with E-state index < -0.39 is 0 Å². The molecule has 0 atom stereocenters. The van der Waals surface area contributed by atoms with E-state index in [4.69, 9.17) is 0 Å². The maximum absolute atomic E-state index is 11.4. The lowest BCUT2D eigenvalue weighted by atomic mass is 10.2. The van der Waals surface area contributed by atoms with Gasteiger partial charge in [0, 0.05) is 31.0 Å². The van der Waals surface area contributed by atoms with Crippen molar-refractivity contribution < 1.29 is 4.79 Å². The molecule has 0 bridgehead atoms. The molecule has 1 amide bonds. The third-order valence-corrected chi connectivity index (χ3v) is 4.32. The lowest BCUT2D eigenvalue weighted by molar-refractivity contribution is 0.0957. The maximum atomic E-state index is 11.4. The van der Waals surface area contributed by atoms with Crippen molar-refractivity contribution in [2.24, 2.45) is 0 Å². The van der Waals surface area contributed by atoms with E-state index in [1.165, 1.54) is 0 Å². The summed E-state index contributed by atoms with van der Waals surface area (Å²) < 4.78 is 0. The van der Waals surface area contributed by atoms with Gasteiger partial charge in [-0.1, -0.05) is 30.3 Å². The van der Waals surface area contributed by atoms with E-state index in [0.717, 1.165) is 22.7 Å². The average Bonchev–Trinajstić information content (AvgIpc) is 3.11. The zero-order valence-corrected chi connectivity index (χ0v) is 14.0. The standard InChI is InChI=1S/C17H17N5OS/c1-18-16(23)14-7-8-15(22-21-14)19-10-9-13-11-24-17(20-13)12-5-3-2-4-6-12/h2-8,11H,9-10H2,1H3,(H,18,23)(H,19,22). The van der Waals surface area contributed by atoms with Crippen molar-refractivity contribution in [2.75, 3.05) is 18.9 Å². The Morgan fingerprint density at radius 1 is 1.12 bits per heavy atom. The fourth-order valence-electron chi connectivity index (χ4n) is 2.13. The van der Waals surface area contributed by atoms with Crippen LogP contribution >= 0.6 is 11.3 Å². The molecule has 2 N–H and O–H groups in total. The lowest BCUT2D eigenvalue weighted by Crippen LogP contribution is -2.20. The van der Waals surface area contributed by atoms with Gasteiger partial charge in [-0.3, -0.25) is 4.79 Å². The summed E-state index contributed by atoms with van der Waals surface area (Å²) in [6.45, 7) is 0.700. The van der Waals surface area contributed by atoms with Gasteiger partial charge in [0.15, 0.2) is 5.69 Å². The van der Waals surface area contributed by atoms with Crippen LogP contribution in [0.5, 0.6) is 0 Å². The third kappa shape index (κ3) is 3.94. The van der Waals surface area contributed by atoms with Crippen molar-refractivity contribution in [1.82, 2.24) is 20.5 Å². The number of aromatic nitrogens is 3. The van der Waals surface area contributed by atoms with Crippen molar-refractivity contribution >= 4 is 23.1 Å². The second-order valence-corrected chi connectivity index (χ2v) is 5.93. The Hall–Kier alpha value is -2.80. The summed E-state index contributed by atoms with van der Waals surface area (Å²) in [5.41, 5.74) is 2.48. The zero-order chi connectivity index (χ0) is 16.8. The number of anilines is 1. The predicted molar refractivity (Wildman–Crippen MR) is 95.2 cm³/mol. The molecule has 0 aliphatic heterocycles. The molecule has 0 aliphatic carbocycles. The van der Waals surface area contributed by atoms with Gasteiger partial charge in [0.25, 0.3) is 5.91 Å². The number of thiazole rings is 1. The highest BCUT2D eigenvalue weighted by Gasteiger charge is 2.06. The summed E-state index contributed by atoms with van der Waals surface area (Å²) >= 11 is 1.65. The molecule has 0 saturated carbocycles. The molecule has 6 nitrogen and oxygen atoms in total. The first-order chi connectivity index (χ1) is 11.8. The number of hydrogen-bond donors (Lipinski definition) is 2. The van der Waals surface area contributed by atoms with Gasteiger partial charge in [-0.2, -0.15) is 0 Å². The number of carbonyl (C=O) groups is 1. The van der Waals surface area contributed by atoms with Crippen LogP contribution in [0.4, 0.5) is 5.82 Å². The van der Waals surface area contributed by atoms with Crippen molar-refractivity contribution in [3.8, 4) is 10.6 Å². The smallest absolute Gasteiger partial charge is 0.271 e. The van der Waals surface area contributed by atoms with E-state index in [0.29, 0.717) is 18.1 Å². The van der Waals surface area contributed by atoms with Gasteiger partial charge in [0.1, 0.15) is 10.8 Å². The molecule has 24 heavy (non-hydrogen) atoms. The topological polar surface area (TPSA) is 79.8 Å². The molecule has 0 aliphatic rings. The fourth-order valence-corrected chi connectivity index (χ4v) is 2.99. The van der Waals surface area contributed by atoms with E-state index in [-0.39, 0.29) is 5.91 Å². The fraction of sp³-hybridized carbons (Fsp3) is 0.176. The van der Waals surface area contributed by atoms with Crippen LogP contribution in [-0.2, 0) is 6.42 Å². The molecular weight excluding hydrogens is 322 g/mol. The van der Waals surface area contributed by atoms with E-state index in [1.807, 2.05) is 18.2 Å². The van der Waals surface area contributed by atoms with E-state index in [1.54, 1.807) is 30.5 Å². The number of carbonyl (C=O) groups excluding carboxylic acids is 1. The quantitative estimate of drug-likeness (QED) is 0.722. The first kappa shape index (κ1) is 16.1. The highest BCUT2D eigenvalue weighted by atomic mass is 32.1. The van der Waals surface area contributed by atoms with Gasteiger partial charge in [0.05, 0.1) is 5.69 Å². The van der Waals surface area contributed by atoms with Crippen LogP contribution in [-0.4, -0.2) is 34.7 Å². The Labute approximate surface area is 144 Å². The number of nitrogens with zero attached hydrogens (tertiary/aromatic N) is 3. The second-order valence-electron chi connectivity index (χ2n) is 5.07. The number of benzene rings is 1. The minimum Gasteiger partial charge on any atom is -0.368 e. The highest BCUT2D eigenvalue weighted by Crippen LogP contribution is 2.23. The summed E-state index contributed by atoms with van der Waals surface area (Å²) in [5.74, 6) is 0.395. The number of nitrogens with one attached hydrogen (secondary N) is 2. The monoisotopic (exact) mass is 339 g/mol. The van der Waals surface area contributed by atoms with Gasteiger partial charge in [-0.25, -0.2) is 4.98 Å². The molecule has 3 rings (SSSR count). The van der Waals surface area contributed by atoms with Gasteiger partial charge >= 0.3 is 0 Å². The van der Waals surface area contributed by atoms with Gasteiger partial charge in [-0.05, 0) is 12.1 Å². The van der Waals surface area contributed by atoms with Crippen LogP contribution in [0.1, 0.15) is 16.2 Å². The van der Waals surface area contributed by atoms with Crippen molar-refractivity contribution in [3.63, 3.8) is 0 Å². The molecular formula is C17H17N5OS. The van der Waals surface area contributed by atoms with Crippen LogP contribution in [0.25, 0.3) is 10.6 Å². The SMILES string of the molecule is CNC(=O)c1ccc(NCCc2csc(-c3ccccc3)n2)nn1. The van der Waals surface area contributed by atoms with Crippen LogP contribution in [0.2, 0.25) is 0 Å². The Morgan fingerprint density at radius 2 is 1.96 bits per heavy atom. The van der Waals surface area contributed by atoms with Gasteiger partial charge in [-0.15, -0.1) is 21.5 Å². The summed E-state index contributed by atoms with van der Waals surface area (Å²) in [4.78, 5) is 16.1. The number of hydrogen-bond acceptors (Lipinski definition) is 6. The molecule has 0 spiro atoms. The van der Waals surface area contributed by atoms with Crippen LogP contribution in [0, 0.1) is 0 Å². The van der Waals surface area contributed by atoms with Gasteiger partial charge in [0.2, 0.25) is 0 Å². The minimum atomic E-state index is -0.245. The normalized spacial score (nSPS) is 10.4. The van der Waals surface area contributed by atoms with Gasteiger partial charge < -0.3 is 10.6 Å². The highest BCUT2D eigenvalue weighted by molar-refractivity contribution is 7.13. The van der Waals surface area contributed by atoms with Crippen molar-refractivity contribution in [3.05, 3.63) is 59.2 Å². The van der Waals surface area contributed by atoms with E-state index in [9.17, 15) is 4.79 Å². The number of amides is 1. The molecule has 0 fully saturated rings. The van der Waals surface area contributed by atoms with E-state index in [2.05, 4.69) is 43.3 Å². The largest absolute Gasteiger partial charge is 0.368 e. The average molecular weight is 339 g/mol. The lowest BCUT2D eigenvalue weighted by Gasteiger charge is -2.04. The first-order valence-corrected chi connectivity index (χ1v) is 8.44. The third-order valence-electron chi connectivity index (χ3n) is 3.38. The molecule has 1 aromatic carbocycles. The molecule has 0 saturated heterocycles. The Balaban J connectivity index is 1.53. The molecule has 122 valence electrons. The number of rotatable bonds is 6. The maximum Gasteiger partial charge on any atom is 0.271 e. The second kappa shape index (κ2) is 7.65. The van der Waals surface area contributed by atoms with Crippen LogP contribution in [0.3, 0.4) is 0 Å². The Kier molecular flexibility index (Phi) is 5.12. The molecule has 2 aromatic heterocycles. The molecule has 0 radical (unpaired) electrons. The Morgan fingerprint density at radius 3 is 2.67 bits per heavy atom. The molecule has 0 unspecified atom stereocenters. The molecule has 3 aromatic rings. The summed E-state index contributed by atoms with van der Waals surface area (Å²) in [6, 6.07) is 13.5. The van der Waals surface area contributed by atoms with E-state index >= 15 is 0 Å². The predicted octanol–water partition coefficient (Wildman–Crippen LogP) is 2.61.